The Morgan fingerprint density at radius 1 is 1.14 bits per heavy atom. The second kappa shape index (κ2) is 8.49. The molecule has 154 valence electrons. The highest BCUT2D eigenvalue weighted by molar-refractivity contribution is 5.80. The summed E-state index contributed by atoms with van der Waals surface area (Å²) in [7, 11) is 0. The Labute approximate surface area is 167 Å². The van der Waals surface area contributed by atoms with Crippen molar-refractivity contribution >= 4 is 11.8 Å². The number of nitrogens with two attached hydrogens (primary N) is 1. The van der Waals surface area contributed by atoms with Gasteiger partial charge in [-0.15, -0.1) is 0 Å². The predicted octanol–water partition coefficient (Wildman–Crippen LogP) is 0.852. The van der Waals surface area contributed by atoms with Crippen molar-refractivity contribution in [3.05, 3.63) is 29.3 Å². The Balaban J connectivity index is 1.50. The van der Waals surface area contributed by atoms with Crippen LogP contribution in [-0.4, -0.2) is 77.9 Å². The molecule has 0 atom stereocenters. The average molecular weight is 389 g/mol. The minimum absolute atomic E-state index is 0.0607. The van der Waals surface area contributed by atoms with Crippen molar-refractivity contribution < 1.29 is 14.3 Å². The number of amides is 2. The van der Waals surface area contributed by atoms with Gasteiger partial charge in [-0.25, -0.2) is 0 Å². The van der Waals surface area contributed by atoms with Crippen LogP contribution in [0.15, 0.2) is 18.2 Å². The van der Waals surface area contributed by atoms with Crippen LogP contribution in [0.2, 0.25) is 0 Å². The standard InChI is InChI=1S/C21H32N4O3/c1-21(2,3)25(14-19(22)26)15-20(27)24-9-7-23(8-10-24)13-16-4-5-18-17(12-16)6-11-28-18/h4-5,12H,6-11,13-15H2,1-3H3,(H2,22,26). The lowest BCUT2D eigenvalue weighted by atomic mass is 10.1. The molecule has 1 saturated heterocycles. The molecule has 28 heavy (non-hydrogen) atoms. The van der Waals surface area contributed by atoms with Crippen LogP contribution in [0.25, 0.3) is 0 Å². The highest BCUT2D eigenvalue weighted by Gasteiger charge is 2.28. The van der Waals surface area contributed by atoms with Gasteiger partial charge in [0.15, 0.2) is 0 Å². The summed E-state index contributed by atoms with van der Waals surface area (Å²) in [5.74, 6) is 0.663. The predicted molar refractivity (Wildman–Crippen MR) is 108 cm³/mol. The molecule has 1 aromatic carbocycles. The van der Waals surface area contributed by atoms with Crippen molar-refractivity contribution in [3.8, 4) is 5.75 Å². The Morgan fingerprint density at radius 3 is 2.50 bits per heavy atom. The number of benzene rings is 1. The largest absolute Gasteiger partial charge is 0.493 e. The summed E-state index contributed by atoms with van der Waals surface area (Å²) in [5.41, 5.74) is 7.65. The third-order valence-electron chi connectivity index (χ3n) is 5.51. The van der Waals surface area contributed by atoms with Crippen molar-refractivity contribution in [2.45, 2.75) is 39.3 Å². The number of nitrogens with zero attached hydrogens (tertiary/aromatic N) is 3. The normalized spacial score (nSPS) is 17.5. The number of hydrogen-bond acceptors (Lipinski definition) is 5. The fourth-order valence-electron chi connectivity index (χ4n) is 3.73. The summed E-state index contributed by atoms with van der Waals surface area (Å²) in [6, 6.07) is 6.44. The maximum Gasteiger partial charge on any atom is 0.236 e. The van der Waals surface area contributed by atoms with E-state index < -0.39 is 5.91 Å². The SMILES string of the molecule is CC(C)(C)N(CC(N)=O)CC(=O)N1CCN(Cc2ccc3c(c2)CCO3)CC1. The number of rotatable bonds is 6. The molecule has 2 aliphatic rings. The summed E-state index contributed by atoms with van der Waals surface area (Å²) in [4.78, 5) is 30.2. The zero-order valence-corrected chi connectivity index (χ0v) is 17.2. The third kappa shape index (κ3) is 5.23. The van der Waals surface area contributed by atoms with Crippen LogP contribution in [-0.2, 0) is 22.6 Å². The van der Waals surface area contributed by atoms with Crippen molar-refractivity contribution in [3.63, 3.8) is 0 Å². The first-order valence-electron chi connectivity index (χ1n) is 10.0. The molecule has 0 aliphatic carbocycles. The molecule has 2 aliphatic heterocycles. The molecule has 0 unspecified atom stereocenters. The van der Waals surface area contributed by atoms with Crippen molar-refractivity contribution in [2.75, 3.05) is 45.9 Å². The summed E-state index contributed by atoms with van der Waals surface area (Å²) >= 11 is 0. The quantitative estimate of drug-likeness (QED) is 0.782. The first-order chi connectivity index (χ1) is 13.2. The number of carbonyl (C=O) groups excluding carboxylic acids is 2. The van der Waals surface area contributed by atoms with Gasteiger partial charge in [0.1, 0.15) is 5.75 Å². The Morgan fingerprint density at radius 2 is 1.86 bits per heavy atom. The number of piperazine rings is 1. The average Bonchev–Trinajstić information content (AvgIpc) is 3.08. The molecule has 2 heterocycles. The van der Waals surface area contributed by atoms with Crippen molar-refractivity contribution in [1.82, 2.24) is 14.7 Å². The van der Waals surface area contributed by atoms with Crippen LogP contribution in [0, 0.1) is 0 Å². The van der Waals surface area contributed by atoms with Gasteiger partial charge in [-0.3, -0.25) is 19.4 Å². The highest BCUT2D eigenvalue weighted by atomic mass is 16.5. The molecular formula is C21H32N4O3. The van der Waals surface area contributed by atoms with Gasteiger partial charge < -0.3 is 15.4 Å². The van der Waals surface area contributed by atoms with E-state index in [4.69, 9.17) is 10.5 Å². The number of fused-ring (bicyclic) bond motifs is 1. The molecule has 0 radical (unpaired) electrons. The van der Waals surface area contributed by atoms with Gasteiger partial charge >= 0.3 is 0 Å². The summed E-state index contributed by atoms with van der Waals surface area (Å²) < 4.78 is 5.57. The molecule has 0 saturated carbocycles. The van der Waals surface area contributed by atoms with Crippen molar-refractivity contribution in [2.24, 2.45) is 5.73 Å². The maximum atomic E-state index is 12.7. The van der Waals surface area contributed by atoms with Crippen LogP contribution in [0.4, 0.5) is 0 Å². The second-order valence-electron chi connectivity index (χ2n) is 8.69. The van der Waals surface area contributed by atoms with Gasteiger partial charge in [-0.1, -0.05) is 12.1 Å². The van der Waals surface area contributed by atoms with E-state index in [9.17, 15) is 9.59 Å². The monoisotopic (exact) mass is 388 g/mol. The molecular weight excluding hydrogens is 356 g/mol. The zero-order chi connectivity index (χ0) is 20.3. The van der Waals surface area contributed by atoms with Crippen molar-refractivity contribution in [1.29, 1.82) is 0 Å². The zero-order valence-electron chi connectivity index (χ0n) is 17.2. The smallest absolute Gasteiger partial charge is 0.236 e. The molecule has 0 aromatic heterocycles. The third-order valence-corrected chi connectivity index (χ3v) is 5.51. The summed E-state index contributed by atoms with van der Waals surface area (Å²) in [6.45, 7) is 11.1. The molecule has 7 nitrogen and oxygen atoms in total. The lowest BCUT2D eigenvalue weighted by molar-refractivity contribution is -0.136. The van der Waals surface area contributed by atoms with E-state index in [1.54, 1.807) is 0 Å². The van der Waals surface area contributed by atoms with E-state index in [-0.39, 0.29) is 24.5 Å². The number of hydrogen-bond donors (Lipinski definition) is 1. The lowest BCUT2D eigenvalue weighted by Crippen LogP contribution is -2.54. The second-order valence-corrected chi connectivity index (χ2v) is 8.69. The summed E-state index contributed by atoms with van der Waals surface area (Å²) in [6.07, 6.45) is 0.987. The molecule has 0 bridgehead atoms. The van der Waals surface area contributed by atoms with E-state index >= 15 is 0 Å². The first kappa shape index (κ1) is 20.6. The van der Waals surface area contributed by atoms with E-state index in [2.05, 4.69) is 23.1 Å². The van der Waals surface area contributed by atoms with Gasteiger partial charge in [-0.05, 0) is 38.0 Å². The molecule has 1 fully saturated rings. The molecule has 2 N–H and O–H groups in total. The molecule has 0 spiro atoms. The van der Waals surface area contributed by atoms with Gasteiger partial charge in [0.2, 0.25) is 11.8 Å². The van der Waals surface area contributed by atoms with Gasteiger partial charge in [0.25, 0.3) is 0 Å². The van der Waals surface area contributed by atoms with E-state index in [0.717, 1.165) is 38.4 Å². The van der Waals surface area contributed by atoms with Crippen LogP contribution in [0.5, 0.6) is 5.75 Å². The molecule has 7 heteroatoms. The van der Waals surface area contributed by atoms with Crippen LogP contribution in [0.1, 0.15) is 31.9 Å². The summed E-state index contributed by atoms with van der Waals surface area (Å²) in [5, 5.41) is 0. The van der Waals surface area contributed by atoms with E-state index in [0.29, 0.717) is 13.1 Å². The lowest BCUT2D eigenvalue weighted by Gasteiger charge is -2.38. The minimum Gasteiger partial charge on any atom is -0.493 e. The highest BCUT2D eigenvalue weighted by Crippen LogP contribution is 2.26. The van der Waals surface area contributed by atoms with E-state index in [1.165, 1.54) is 11.1 Å². The van der Waals surface area contributed by atoms with Gasteiger partial charge in [0, 0.05) is 44.7 Å². The number of carbonyl (C=O) groups is 2. The Bertz CT molecular complexity index is 721. The Hall–Kier alpha value is -2.12. The topological polar surface area (TPSA) is 79.1 Å². The first-order valence-corrected chi connectivity index (χ1v) is 10.0. The van der Waals surface area contributed by atoms with Crippen LogP contribution >= 0.6 is 0 Å². The van der Waals surface area contributed by atoms with Gasteiger partial charge in [0.05, 0.1) is 19.7 Å². The van der Waals surface area contributed by atoms with Crippen LogP contribution < -0.4 is 10.5 Å². The Kier molecular flexibility index (Phi) is 6.25. The fourth-order valence-corrected chi connectivity index (χ4v) is 3.73. The van der Waals surface area contributed by atoms with Gasteiger partial charge in [-0.2, -0.15) is 0 Å². The van der Waals surface area contributed by atoms with Crippen LogP contribution in [0.3, 0.4) is 0 Å². The minimum atomic E-state index is -0.410. The van der Waals surface area contributed by atoms with E-state index in [1.807, 2.05) is 30.6 Å². The number of primary amides is 1. The number of ether oxygens (including phenoxy) is 1. The maximum absolute atomic E-state index is 12.7. The fraction of sp³-hybridized carbons (Fsp3) is 0.619. The molecule has 2 amide bonds. The molecule has 3 rings (SSSR count). The molecule has 1 aromatic rings.